The number of aromatic nitrogens is 5. The van der Waals surface area contributed by atoms with Gasteiger partial charge in [0, 0.05) is 62.4 Å². The van der Waals surface area contributed by atoms with Crippen LogP contribution in [0.4, 0.5) is 15.7 Å². The molecule has 1 fully saturated rings. The lowest BCUT2D eigenvalue weighted by Gasteiger charge is -2.35. The molecule has 0 radical (unpaired) electrons. The van der Waals surface area contributed by atoms with E-state index in [9.17, 15) is 9.90 Å². The molecule has 41 heavy (non-hydrogen) atoms. The molecule has 216 valence electrons. The fraction of sp³-hybridized carbons (Fsp3) is 0.448. The number of carbonyl (C=O) groups is 1. The Morgan fingerprint density at radius 1 is 1.05 bits per heavy atom. The lowest BCUT2D eigenvalue weighted by molar-refractivity contribution is 0.0687. The van der Waals surface area contributed by atoms with Crippen molar-refractivity contribution in [3.63, 3.8) is 0 Å². The van der Waals surface area contributed by atoms with E-state index in [2.05, 4.69) is 42.3 Å². The Kier molecular flexibility index (Phi) is 8.71. The number of nitrogens with zero attached hydrogens (tertiary/aromatic N) is 7. The normalized spacial score (nSPS) is 14.4. The molecule has 12 heteroatoms. The Morgan fingerprint density at radius 2 is 1.80 bits per heavy atom. The lowest BCUT2D eigenvalue weighted by atomic mass is 10.0. The van der Waals surface area contributed by atoms with E-state index in [1.54, 1.807) is 32.4 Å². The number of piperazine rings is 1. The molecular weight excluding hydrogens is 538 g/mol. The number of nitrogens with one attached hydrogen (secondary N) is 2. The van der Waals surface area contributed by atoms with Crippen LogP contribution < -0.4 is 15.5 Å². The number of hydrogen-bond donors (Lipinski definition) is 3. The number of carbonyl (C=O) groups excluding carboxylic acids is 1. The average Bonchev–Trinajstić information content (AvgIpc) is 3.38. The van der Waals surface area contributed by atoms with Gasteiger partial charge in [0.1, 0.15) is 11.4 Å². The van der Waals surface area contributed by atoms with Crippen molar-refractivity contribution in [3.05, 3.63) is 42.6 Å². The molecular formula is C29H37N9O2S. The van der Waals surface area contributed by atoms with E-state index in [1.807, 2.05) is 25.1 Å². The van der Waals surface area contributed by atoms with E-state index in [0.29, 0.717) is 28.8 Å². The summed E-state index contributed by atoms with van der Waals surface area (Å²) in [6.45, 7) is 12.9. The molecule has 4 aromatic rings. The molecule has 1 aliphatic heterocycles. The van der Waals surface area contributed by atoms with Gasteiger partial charge in [0.05, 0.1) is 10.2 Å². The van der Waals surface area contributed by atoms with E-state index < -0.39 is 5.60 Å². The van der Waals surface area contributed by atoms with Crippen LogP contribution in [0.15, 0.2) is 36.8 Å². The van der Waals surface area contributed by atoms with Crippen LogP contribution in [0, 0.1) is 0 Å². The molecule has 1 saturated heterocycles. The minimum Gasteiger partial charge on any atom is -0.382 e. The fourth-order valence-corrected chi connectivity index (χ4v) is 5.70. The Balaban J connectivity index is 1.51. The average molecular weight is 576 g/mol. The number of aliphatic hydroxyl groups is 1. The predicted octanol–water partition coefficient (Wildman–Crippen LogP) is 4.50. The molecule has 2 amide bonds. The number of fused-ring (bicyclic) bond motifs is 1. The standard InChI is InChI=1S/C29H37N9O2S/c1-5-7-10-37-11-13-38(14-12-37)23-8-9-31-25(35-23)21-15-19(20-17-32-26(33-18-20)29(3,4)40)16-22-24(21)41-28(34-22)36-27(39)30-6-2/h8-9,15-18,40H,5-7,10-14H2,1-4H3,(H2,30,34,36,39). The Morgan fingerprint density at radius 3 is 2.49 bits per heavy atom. The summed E-state index contributed by atoms with van der Waals surface area (Å²) in [7, 11) is 0. The number of anilines is 2. The zero-order valence-electron chi connectivity index (χ0n) is 24.0. The highest BCUT2D eigenvalue weighted by Gasteiger charge is 2.22. The van der Waals surface area contributed by atoms with Crippen LogP contribution in [-0.2, 0) is 5.60 Å². The first-order chi connectivity index (χ1) is 19.7. The number of amides is 2. The molecule has 0 bridgehead atoms. The molecule has 0 saturated carbocycles. The first-order valence-electron chi connectivity index (χ1n) is 14.1. The molecule has 11 nitrogen and oxygen atoms in total. The zero-order chi connectivity index (χ0) is 29.0. The SMILES string of the molecule is CCCCN1CCN(c2ccnc(-c3cc(-c4cnc(C(C)(C)O)nc4)cc4nc(NC(=O)NCC)sc34)n2)CC1. The van der Waals surface area contributed by atoms with Gasteiger partial charge in [-0.3, -0.25) is 10.2 Å². The van der Waals surface area contributed by atoms with Gasteiger partial charge in [-0.15, -0.1) is 0 Å². The zero-order valence-corrected chi connectivity index (χ0v) is 24.8. The summed E-state index contributed by atoms with van der Waals surface area (Å²) in [5.74, 6) is 1.83. The number of hydrogen-bond acceptors (Lipinski definition) is 10. The second kappa shape index (κ2) is 12.4. The maximum Gasteiger partial charge on any atom is 0.321 e. The third kappa shape index (κ3) is 6.77. The number of benzene rings is 1. The summed E-state index contributed by atoms with van der Waals surface area (Å²) in [6.07, 6.45) is 7.62. The van der Waals surface area contributed by atoms with Gasteiger partial charge in [0.25, 0.3) is 0 Å². The Hall–Kier alpha value is -3.74. The summed E-state index contributed by atoms with van der Waals surface area (Å²) >= 11 is 1.38. The van der Waals surface area contributed by atoms with Crippen molar-refractivity contribution >= 4 is 38.5 Å². The number of rotatable bonds is 9. The second-order valence-corrected chi connectivity index (χ2v) is 11.6. The van der Waals surface area contributed by atoms with Crippen molar-refractivity contribution in [3.8, 4) is 22.5 Å². The van der Waals surface area contributed by atoms with Crippen LogP contribution in [0.25, 0.3) is 32.7 Å². The van der Waals surface area contributed by atoms with Gasteiger partial charge >= 0.3 is 6.03 Å². The summed E-state index contributed by atoms with van der Waals surface area (Å²) in [5.41, 5.74) is 1.99. The molecule has 1 aliphatic rings. The maximum atomic E-state index is 12.2. The molecule has 5 rings (SSSR count). The highest BCUT2D eigenvalue weighted by atomic mass is 32.1. The number of unbranched alkanes of at least 4 members (excludes halogenated alkanes) is 1. The van der Waals surface area contributed by atoms with Crippen LogP contribution >= 0.6 is 11.3 Å². The predicted molar refractivity (Wildman–Crippen MR) is 163 cm³/mol. The minimum absolute atomic E-state index is 0.305. The third-order valence-corrected chi connectivity index (χ3v) is 8.01. The molecule has 0 atom stereocenters. The van der Waals surface area contributed by atoms with Crippen LogP contribution in [0.3, 0.4) is 0 Å². The molecule has 0 spiro atoms. The van der Waals surface area contributed by atoms with Gasteiger partial charge in [-0.1, -0.05) is 24.7 Å². The Labute approximate surface area is 244 Å². The van der Waals surface area contributed by atoms with Crippen molar-refractivity contribution in [2.75, 3.05) is 49.5 Å². The first kappa shape index (κ1) is 28.8. The van der Waals surface area contributed by atoms with Gasteiger partial charge in [0.15, 0.2) is 16.8 Å². The fourth-order valence-electron chi connectivity index (χ4n) is 4.75. The molecule has 3 N–H and O–H groups in total. The smallest absolute Gasteiger partial charge is 0.321 e. The van der Waals surface area contributed by atoms with Gasteiger partial charge in [-0.05, 0) is 57.5 Å². The second-order valence-electron chi connectivity index (χ2n) is 10.7. The van der Waals surface area contributed by atoms with Crippen LogP contribution in [0.2, 0.25) is 0 Å². The molecule has 0 aliphatic carbocycles. The van der Waals surface area contributed by atoms with Crippen LogP contribution in [-0.4, -0.2) is 80.2 Å². The summed E-state index contributed by atoms with van der Waals surface area (Å²) in [5, 5.41) is 16.3. The number of urea groups is 1. The summed E-state index contributed by atoms with van der Waals surface area (Å²) in [6, 6.07) is 5.62. The van der Waals surface area contributed by atoms with E-state index in [0.717, 1.165) is 59.9 Å². The molecule has 0 unspecified atom stereocenters. The first-order valence-corrected chi connectivity index (χ1v) is 14.9. The highest BCUT2D eigenvalue weighted by molar-refractivity contribution is 7.22. The van der Waals surface area contributed by atoms with Crippen molar-refractivity contribution < 1.29 is 9.90 Å². The summed E-state index contributed by atoms with van der Waals surface area (Å²) < 4.78 is 0.871. The largest absolute Gasteiger partial charge is 0.382 e. The van der Waals surface area contributed by atoms with Gasteiger partial charge in [-0.25, -0.2) is 29.7 Å². The minimum atomic E-state index is -1.14. The van der Waals surface area contributed by atoms with Crippen molar-refractivity contribution in [2.24, 2.45) is 0 Å². The van der Waals surface area contributed by atoms with Crippen molar-refractivity contribution in [1.82, 2.24) is 35.1 Å². The van der Waals surface area contributed by atoms with Gasteiger partial charge in [0.2, 0.25) is 0 Å². The molecule has 3 aromatic heterocycles. The van der Waals surface area contributed by atoms with Crippen molar-refractivity contribution in [1.29, 1.82) is 0 Å². The lowest BCUT2D eigenvalue weighted by Crippen LogP contribution is -2.46. The van der Waals surface area contributed by atoms with Crippen LogP contribution in [0.1, 0.15) is 46.4 Å². The quantitative estimate of drug-likeness (QED) is 0.264. The van der Waals surface area contributed by atoms with E-state index in [4.69, 9.17) is 9.97 Å². The highest BCUT2D eigenvalue weighted by Crippen LogP contribution is 2.38. The molecule has 1 aromatic carbocycles. The monoisotopic (exact) mass is 575 g/mol. The third-order valence-electron chi connectivity index (χ3n) is 6.99. The molecule has 4 heterocycles. The van der Waals surface area contributed by atoms with Crippen LogP contribution in [0.5, 0.6) is 0 Å². The van der Waals surface area contributed by atoms with E-state index in [-0.39, 0.29) is 6.03 Å². The van der Waals surface area contributed by atoms with Gasteiger partial charge in [-0.2, -0.15) is 0 Å². The maximum absolute atomic E-state index is 12.2. The topological polar surface area (TPSA) is 132 Å². The number of thiazole rings is 1. The van der Waals surface area contributed by atoms with E-state index in [1.165, 1.54) is 24.2 Å². The van der Waals surface area contributed by atoms with Gasteiger partial charge < -0.3 is 15.3 Å². The Bertz CT molecular complexity index is 1490. The van der Waals surface area contributed by atoms with E-state index >= 15 is 0 Å². The van der Waals surface area contributed by atoms with Crippen molar-refractivity contribution in [2.45, 2.75) is 46.1 Å². The summed E-state index contributed by atoms with van der Waals surface area (Å²) in [4.78, 5) is 40.2.